The Kier molecular flexibility index (Phi) is 5.28. The molecule has 0 saturated carbocycles. The highest BCUT2D eigenvalue weighted by molar-refractivity contribution is 7.23. The summed E-state index contributed by atoms with van der Waals surface area (Å²) in [6.45, 7) is 6.15. The minimum absolute atomic E-state index is 0.190. The zero-order valence-corrected chi connectivity index (χ0v) is 19.9. The van der Waals surface area contributed by atoms with Gasteiger partial charge >= 0.3 is 6.09 Å². The van der Waals surface area contributed by atoms with Crippen LogP contribution in [0.4, 0.5) is 9.18 Å². The third kappa shape index (κ3) is 4.04. The molecule has 5 rings (SSSR count). The van der Waals surface area contributed by atoms with Crippen LogP contribution in [0.3, 0.4) is 0 Å². The molecular weight excluding hydrogens is 441 g/mol. The van der Waals surface area contributed by atoms with E-state index in [1.807, 2.05) is 55.6 Å². The first kappa shape index (κ1) is 21.7. The number of rotatable bonds is 3. The molecule has 1 amide bonds. The Balaban J connectivity index is 1.45. The number of carbonyl (C=O) groups is 1. The maximum absolute atomic E-state index is 15.3. The molecule has 172 valence electrons. The number of hydrogen-bond donors (Lipinski definition) is 0. The van der Waals surface area contributed by atoms with Gasteiger partial charge in [0.15, 0.2) is 4.96 Å². The lowest BCUT2D eigenvalue weighted by molar-refractivity contribution is 0.0224. The summed E-state index contributed by atoms with van der Waals surface area (Å²) in [4.78, 5) is 19.8. The van der Waals surface area contributed by atoms with Gasteiger partial charge in [-0.05, 0) is 63.4 Å². The molecule has 33 heavy (non-hydrogen) atoms. The molecule has 1 aliphatic heterocycles. The Morgan fingerprint density at radius 1 is 1.21 bits per heavy atom. The third-order valence-electron chi connectivity index (χ3n) is 5.84. The number of halogens is 1. The van der Waals surface area contributed by atoms with Gasteiger partial charge in [0.05, 0.1) is 29.1 Å². The summed E-state index contributed by atoms with van der Waals surface area (Å²) < 4.78 is 29.2. The van der Waals surface area contributed by atoms with Crippen molar-refractivity contribution in [2.75, 3.05) is 13.7 Å². The van der Waals surface area contributed by atoms with Gasteiger partial charge in [-0.15, -0.1) is 0 Å². The molecular formula is C25H26FN3O3S. The van der Waals surface area contributed by atoms with Crippen molar-refractivity contribution < 1.29 is 18.7 Å². The van der Waals surface area contributed by atoms with Crippen molar-refractivity contribution in [1.82, 2.24) is 14.3 Å². The second kappa shape index (κ2) is 8.02. The van der Waals surface area contributed by atoms with Crippen LogP contribution in [0.15, 0.2) is 42.6 Å². The third-order valence-corrected chi connectivity index (χ3v) is 6.87. The molecule has 3 heterocycles. The van der Waals surface area contributed by atoms with Gasteiger partial charge in [-0.3, -0.25) is 4.40 Å². The fourth-order valence-corrected chi connectivity index (χ4v) is 5.32. The smallest absolute Gasteiger partial charge is 0.410 e. The topological polar surface area (TPSA) is 56.1 Å². The molecule has 2 aromatic heterocycles. The molecule has 2 aromatic carbocycles. The van der Waals surface area contributed by atoms with E-state index in [1.54, 1.807) is 29.4 Å². The minimum atomic E-state index is -0.568. The lowest BCUT2D eigenvalue weighted by Gasteiger charge is -2.29. The number of fused-ring (bicyclic) bond motifs is 3. The van der Waals surface area contributed by atoms with Crippen molar-refractivity contribution in [2.24, 2.45) is 0 Å². The van der Waals surface area contributed by atoms with Gasteiger partial charge in [-0.25, -0.2) is 14.2 Å². The predicted octanol–water partition coefficient (Wildman–Crippen LogP) is 6.44. The van der Waals surface area contributed by atoms with E-state index in [9.17, 15) is 4.79 Å². The van der Waals surface area contributed by atoms with E-state index in [0.717, 1.165) is 39.3 Å². The molecule has 0 aliphatic carbocycles. The lowest BCUT2D eigenvalue weighted by Crippen LogP contribution is -2.36. The number of nitrogens with zero attached hydrogens (tertiary/aromatic N) is 3. The fraction of sp³-hybridized carbons (Fsp3) is 0.360. The number of aromatic nitrogens is 2. The number of amides is 1. The van der Waals surface area contributed by atoms with Crippen LogP contribution in [-0.4, -0.2) is 39.6 Å². The van der Waals surface area contributed by atoms with Crippen molar-refractivity contribution in [3.8, 4) is 17.0 Å². The Morgan fingerprint density at radius 3 is 2.76 bits per heavy atom. The van der Waals surface area contributed by atoms with Crippen LogP contribution in [0.5, 0.6) is 5.75 Å². The van der Waals surface area contributed by atoms with E-state index < -0.39 is 5.60 Å². The maximum atomic E-state index is 15.3. The fourth-order valence-electron chi connectivity index (χ4n) is 4.33. The van der Waals surface area contributed by atoms with Crippen LogP contribution in [0.2, 0.25) is 0 Å². The molecule has 0 radical (unpaired) electrons. The summed E-state index contributed by atoms with van der Waals surface area (Å²) in [6, 6.07) is 10.9. The van der Waals surface area contributed by atoms with E-state index in [1.165, 1.54) is 6.07 Å². The highest BCUT2D eigenvalue weighted by Crippen LogP contribution is 2.36. The molecule has 4 aromatic rings. The molecule has 0 bridgehead atoms. The normalized spacial score (nSPS) is 16.6. The summed E-state index contributed by atoms with van der Waals surface area (Å²) in [5, 5.41) is 0. The number of hydrogen-bond acceptors (Lipinski definition) is 5. The van der Waals surface area contributed by atoms with Crippen molar-refractivity contribution in [1.29, 1.82) is 0 Å². The monoisotopic (exact) mass is 467 g/mol. The number of carbonyl (C=O) groups excluding carboxylic acids is 1. The van der Waals surface area contributed by atoms with Gasteiger partial charge in [0, 0.05) is 24.4 Å². The molecule has 0 N–H and O–H groups in total. The molecule has 1 aliphatic rings. The number of imidazole rings is 1. The van der Waals surface area contributed by atoms with E-state index >= 15 is 4.39 Å². The van der Waals surface area contributed by atoms with E-state index in [-0.39, 0.29) is 18.0 Å². The van der Waals surface area contributed by atoms with Crippen LogP contribution in [0.1, 0.15) is 45.2 Å². The zero-order chi connectivity index (χ0) is 23.3. The summed E-state index contributed by atoms with van der Waals surface area (Å²) in [6.07, 6.45) is 3.15. The van der Waals surface area contributed by atoms with Crippen LogP contribution in [-0.2, 0) is 4.74 Å². The van der Waals surface area contributed by atoms with Crippen molar-refractivity contribution in [2.45, 2.75) is 45.3 Å². The summed E-state index contributed by atoms with van der Waals surface area (Å²) in [5.41, 5.74) is 2.19. The first-order valence-electron chi connectivity index (χ1n) is 11.0. The number of ether oxygens (including phenoxy) is 2. The lowest BCUT2D eigenvalue weighted by atomic mass is 10.0. The molecule has 6 nitrogen and oxygen atoms in total. The van der Waals surface area contributed by atoms with Crippen molar-refractivity contribution in [3.05, 3.63) is 54.0 Å². The zero-order valence-electron chi connectivity index (χ0n) is 19.1. The first-order chi connectivity index (χ1) is 15.7. The van der Waals surface area contributed by atoms with Crippen molar-refractivity contribution >= 4 is 32.6 Å². The number of benzene rings is 2. The van der Waals surface area contributed by atoms with Crippen LogP contribution in [0.25, 0.3) is 26.4 Å². The largest absolute Gasteiger partial charge is 0.497 e. The van der Waals surface area contributed by atoms with Gasteiger partial charge in [0.25, 0.3) is 0 Å². The van der Waals surface area contributed by atoms with Gasteiger partial charge in [0.1, 0.15) is 17.2 Å². The quantitative estimate of drug-likeness (QED) is 0.348. The SMILES string of the molecule is COc1ccc2sc3nc(-c4ccc(C5CCCN5C(=O)OC(C)(C)C)cc4F)cn3c2c1. The molecule has 1 atom stereocenters. The molecule has 1 saturated heterocycles. The Morgan fingerprint density at radius 2 is 2.03 bits per heavy atom. The van der Waals surface area contributed by atoms with Gasteiger partial charge < -0.3 is 14.4 Å². The van der Waals surface area contributed by atoms with Gasteiger partial charge in [0.2, 0.25) is 0 Å². The summed E-state index contributed by atoms with van der Waals surface area (Å²) in [7, 11) is 1.63. The van der Waals surface area contributed by atoms with E-state index in [2.05, 4.69) is 4.98 Å². The highest BCUT2D eigenvalue weighted by atomic mass is 32.1. The standard InChI is InChI=1S/C25H26FN3O3S/c1-25(2,3)32-24(30)28-11-5-6-20(28)15-7-9-17(18(26)12-15)19-14-29-21-13-16(31-4)8-10-22(21)33-23(29)27-19/h7-10,12-14,20H,5-6,11H2,1-4H3. The maximum Gasteiger partial charge on any atom is 0.410 e. The average Bonchev–Trinajstić information content (AvgIpc) is 3.46. The Hall–Kier alpha value is -3.13. The second-order valence-corrected chi connectivity index (χ2v) is 10.3. The van der Waals surface area contributed by atoms with Gasteiger partial charge in [-0.1, -0.05) is 17.4 Å². The van der Waals surface area contributed by atoms with E-state index in [4.69, 9.17) is 9.47 Å². The highest BCUT2D eigenvalue weighted by Gasteiger charge is 2.33. The molecule has 1 unspecified atom stereocenters. The van der Waals surface area contributed by atoms with E-state index in [0.29, 0.717) is 17.8 Å². The number of thiazole rings is 1. The van der Waals surface area contributed by atoms with Crippen LogP contribution < -0.4 is 4.74 Å². The average molecular weight is 468 g/mol. The Bertz CT molecular complexity index is 1350. The minimum Gasteiger partial charge on any atom is -0.497 e. The summed E-state index contributed by atoms with van der Waals surface area (Å²) in [5.74, 6) is 0.412. The first-order valence-corrected chi connectivity index (χ1v) is 11.8. The van der Waals surface area contributed by atoms with Gasteiger partial charge in [-0.2, -0.15) is 0 Å². The predicted molar refractivity (Wildman–Crippen MR) is 127 cm³/mol. The number of likely N-dealkylation sites (tertiary alicyclic amines) is 1. The Labute approximate surface area is 195 Å². The number of methoxy groups -OCH3 is 1. The van der Waals surface area contributed by atoms with Crippen LogP contribution >= 0.6 is 11.3 Å². The molecule has 1 fully saturated rings. The van der Waals surface area contributed by atoms with Crippen LogP contribution in [0, 0.1) is 5.82 Å². The molecule has 8 heteroatoms. The molecule has 0 spiro atoms. The van der Waals surface area contributed by atoms with Crippen molar-refractivity contribution in [3.63, 3.8) is 0 Å². The second-order valence-electron chi connectivity index (χ2n) is 9.29. The summed E-state index contributed by atoms with van der Waals surface area (Å²) >= 11 is 1.55.